The van der Waals surface area contributed by atoms with Crippen LogP contribution >= 0.6 is 23.5 Å². The summed E-state index contributed by atoms with van der Waals surface area (Å²) < 4.78 is 45.8. The van der Waals surface area contributed by atoms with Gasteiger partial charge in [-0.3, -0.25) is 4.99 Å². The summed E-state index contributed by atoms with van der Waals surface area (Å²) in [5.41, 5.74) is 11.0. The maximum Gasteiger partial charge on any atom is 0.488 e. The van der Waals surface area contributed by atoms with Crippen LogP contribution in [0.4, 0.5) is 0 Å². The Labute approximate surface area is 403 Å². The quantitative estimate of drug-likeness (QED) is 0.0957. The minimum absolute atomic E-state index is 0.240. The number of benzene rings is 7. The smallest absolute Gasteiger partial charge is 0.488 e. The average molecular weight is 952 g/mol. The fourth-order valence-corrected chi connectivity index (χ4v) is 10.8. The van der Waals surface area contributed by atoms with E-state index in [-0.39, 0.29) is 11.8 Å². The molecule has 0 aromatic heterocycles. The molecule has 344 valence electrons. The van der Waals surface area contributed by atoms with Gasteiger partial charge in [-0.2, -0.15) is 0 Å². The Balaban J connectivity index is 0.000000159. The minimum atomic E-state index is -3.43. The molecule has 13 heteroatoms. The maximum atomic E-state index is 12.5. The second-order valence-electron chi connectivity index (χ2n) is 16.2. The van der Waals surface area contributed by atoms with Gasteiger partial charge in [-0.25, -0.2) is 8.42 Å². The Morgan fingerprint density at radius 2 is 1.07 bits per heavy atom. The predicted octanol–water partition coefficient (Wildman–Crippen LogP) is 10.6. The number of methoxy groups -OCH3 is 4. The van der Waals surface area contributed by atoms with Crippen LogP contribution in [0.5, 0.6) is 23.0 Å². The number of aryl methyl sites for hydroxylation is 1. The van der Waals surface area contributed by atoms with Crippen molar-refractivity contribution < 1.29 is 37.4 Å². The van der Waals surface area contributed by atoms with Crippen LogP contribution in [-0.4, -0.2) is 65.6 Å². The highest BCUT2D eigenvalue weighted by molar-refractivity contribution is 7.99. The van der Waals surface area contributed by atoms with Crippen molar-refractivity contribution in [1.29, 1.82) is 0 Å². The summed E-state index contributed by atoms with van der Waals surface area (Å²) in [6.07, 6.45) is 1.89. The maximum absolute atomic E-state index is 12.5. The highest BCUT2D eigenvalue weighted by Crippen LogP contribution is 2.42. The molecular formula is C54H54BNO8S3. The van der Waals surface area contributed by atoms with Gasteiger partial charge in [-0.05, 0) is 138 Å². The zero-order valence-electron chi connectivity index (χ0n) is 38.6. The van der Waals surface area contributed by atoms with Gasteiger partial charge in [-0.15, -0.1) is 0 Å². The first-order chi connectivity index (χ1) is 32.3. The second kappa shape index (κ2) is 22.2. The Morgan fingerprint density at radius 3 is 1.60 bits per heavy atom. The largest absolute Gasteiger partial charge is 0.497 e. The number of hydrogen-bond donors (Lipinski definition) is 2. The molecule has 0 radical (unpaired) electrons. The molecule has 67 heavy (non-hydrogen) atoms. The minimum Gasteiger partial charge on any atom is -0.497 e. The molecule has 0 bridgehead atoms. The Hall–Kier alpha value is -5.96. The fraction of sp³-hybridized carbons (Fsp3) is 0.204. The Bertz CT molecular complexity index is 2950. The summed E-state index contributed by atoms with van der Waals surface area (Å²) in [4.78, 5) is 9.99. The summed E-state index contributed by atoms with van der Waals surface area (Å²) in [6, 6.07) is 48.0. The highest BCUT2D eigenvalue weighted by atomic mass is 32.2. The zero-order valence-corrected chi connectivity index (χ0v) is 41.1. The normalized spacial score (nSPS) is 12.8. The molecule has 2 N–H and O–H groups in total. The van der Waals surface area contributed by atoms with Crippen LogP contribution in [0.2, 0.25) is 0 Å². The van der Waals surface area contributed by atoms with Crippen LogP contribution < -0.4 is 24.4 Å². The molecule has 2 aliphatic rings. The number of hydrogen-bond acceptors (Lipinski definition) is 11. The molecule has 0 spiro atoms. The number of aliphatic imine (C=N–C) groups is 1. The predicted molar refractivity (Wildman–Crippen MR) is 272 cm³/mol. The van der Waals surface area contributed by atoms with Gasteiger partial charge < -0.3 is 29.0 Å². The van der Waals surface area contributed by atoms with Gasteiger partial charge in [-0.1, -0.05) is 103 Å². The van der Waals surface area contributed by atoms with Crippen LogP contribution in [0.15, 0.2) is 175 Å². The number of ether oxygens (including phenoxy) is 4. The van der Waals surface area contributed by atoms with E-state index in [9.17, 15) is 8.42 Å². The third kappa shape index (κ3) is 12.3. The first-order valence-electron chi connectivity index (χ1n) is 21.7. The molecule has 0 saturated carbocycles. The molecule has 0 aliphatic carbocycles. The average Bonchev–Trinajstić information content (AvgIpc) is 3.36. The van der Waals surface area contributed by atoms with Crippen molar-refractivity contribution in [2.24, 2.45) is 4.99 Å². The zero-order chi connectivity index (χ0) is 47.7. The molecule has 7 aromatic rings. The molecular weight excluding hydrogens is 898 g/mol. The second-order valence-corrected chi connectivity index (χ2v) is 20.3. The Kier molecular flexibility index (Phi) is 16.2. The number of rotatable bonds is 11. The number of fused-ring (bicyclic) bond motifs is 4. The van der Waals surface area contributed by atoms with Crippen molar-refractivity contribution in [2.75, 3.05) is 34.3 Å². The Morgan fingerprint density at radius 1 is 0.597 bits per heavy atom. The third-order valence-electron chi connectivity index (χ3n) is 11.6. The van der Waals surface area contributed by atoms with Gasteiger partial charge in [0.05, 0.1) is 33.3 Å². The van der Waals surface area contributed by atoms with Gasteiger partial charge in [0, 0.05) is 43.3 Å². The lowest BCUT2D eigenvalue weighted by Crippen LogP contribution is -2.29. The van der Waals surface area contributed by atoms with E-state index >= 15 is 0 Å². The number of nitrogens with zero attached hydrogens (tertiary/aromatic N) is 1. The van der Waals surface area contributed by atoms with Crippen LogP contribution in [-0.2, 0) is 22.7 Å². The molecule has 2 heterocycles. The highest BCUT2D eigenvalue weighted by Gasteiger charge is 2.20. The standard InChI is InChI=1S/C23H21NO2S2.C23H22O2S.C8H11BO4/c1-16-7-10-21(11-8-16)28(25,26)15-24-17(2)18-9-12-23-20(13-18)14-19-5-3-4-6-22(19)27-23;1-15(18-12-20(24-2)14-21(13-18)25-3)16-8-9-23-19(10-16)11-17-6-4-5-7-22(17)26-23;1-12-7-3-6(9(10)11)4-8(5-7)13-2/h3-13H,14-15H2,1-2H3;4-10,12-15H,11H2,1-3H3;3-5,10-11H,1-2H3. The van der Waals surface area contributed by atoms with Crippen LogP contribution in [0, 0.1) is 6.92 Å². The molecule has 9 nitrogen and oxygen atoms in total. The fourth-order valence-electron chi connectivity index (χ4n) is 7.64. The summed E-state index contributed by atoms with van der Waals surface area (Å²) >= 11 is 3.65. The molecule has 2 aliphatic heterocycles. The van der Waals surface area contributed by atoms with Crippen molar-refractivity contribution >= 4 is 51.7 Å². The van der Waals surface area contributed by atoms with E-state index < -0.39 is 17.0 Å². The van der Waals surface area contributed by atoms with Crippen LogP contribution in [0.25, 0.3) is 0 Å². The molecule has 1 unspecified atom stereocenters. The van der Waals surface area contributed by atoms with Crippen LogP contribution in [0.3, 0.4) is 0 Å². The van der Waals surface area contributed by atoms with E-state index in [0.717, 1.165) is 41.2 Å². The molecule has 0 amide bonds. The van der Waals surface area contributed by atoms with E-state index in [2.05, 4.69) is 103 Å². The lowest BCUT2D eigenvalue weighted by Gasteiger charge is -2.21. The summed E-state index contributed by atoms with van der Waals surface area (Å²) in [5, 5.41) is 17.8. The lowest BCUT2D eigenvalue weighted by atomic mass is 9.80. The van der Waals surface area contributed by atoms with Crippen LogP contribution in [0.1, 0.15) is 64.3 Å². The monoisotopic (exact) mass is 951 g/mol. The summed E-state index contributed by atoms with van der Waals surface area (Å²) in [6.45, 7) is 6.04. The molecule has 0 saturated heterocycles. The van der Waals surface area contributed by atoms with Gasteiger partial charge >= 0.3 is 7.12 Å². The molecule has 1 atom stereocenters. The van der Waals surface area contributed by atoms with Crippen molar-refractivity contribution in [3.63, 3.8) is 0 Å². The summed E-state index contributed by atoms with van der Waals surface area (Å²) in [5.74, 6) is 2.75. The van der Waals surface area contributed by atoms with Gasteiger partial charge in [0.1, 0.15) is 28.9 Å². The molecule has 0 fully saturated rings. The van der Waals surface area contributed by atoms with Crippen molar-refractivity contribution in [3.05, 3.63) is 190 Å². The van der Waals surface area contributed by atoms with E-state index in [1.165, 1.54) is 79.3 Å². The van der Waals surface area contributed by atoms with E-state index in [1.807, 2.05) is 49.9 Å². The third-order valence-corrected chi connectivity index (χ3v) is 15.5. The topological polar surface area (TPSA) is 124 Å². The SMILES string of the molecule is CC(=NCS(=O)(=O)c1ccc(C)cc1)c1ccc2c(c1)Cc1ccccc1S2.COc1cc(OC)cc(B(O)O)c1.COc1cc(OC)cc(C(C)c2ccc3c(c2)Cc2ccccc2S3)c1. The number of sulfone groups is 1. The van der Waals surface area contributed by atoms with Gasteiger partial charge in [0.25, 0.3) is 0 Å². The van der Waals surface area contributed by atoms with Gasteiger partial charge in [0.15, 0.2) is 9.84 Å². The first-order valence-corrected chi connectivity index (χ1v) is 25.0. The molecule has 9 rings (SSSR count). The van der Waals surface area contributed by atoms with Crippen molar-refractivity contribution in [2.45, 2.75) is 64.0 Å². The van der Waals surface area contributed by atoms with Crippen molar-refractivity contribution in [1.82, 2.24) is 0 Å². The summed E-state index contributed by atoms with van der Waals surface area (Å²) in [7, 11) is 1.45. The first kappa shape index (κ1) is 49.0. The lowest BCUT2D eigenvalue weighted by molar-refractivity contribution is 0.392. The van der Waals surface area contributed by atoms with Crippen molar-refractivity contribution in [3.8, 4) is 23.0 Å². The van der Waals surface area contributed by atoms with E-state index in [4.69, 9.17) is 29.0 Å². The van der Waals surface area contributed by atoms with E-state index in [1.54, 1.807) is 44.2 Å². The van der Waals surface area contributed by atoms with E-state index in [0.29, 0.717) is 21.9 Å². The van der Waals surface area contributed by atoms with Gasteiger partial charge in [0.2, 0.25) is 0 Å². The molecule has 7 aromatic carbocycles.